The standard InChI is InChI=1S/C10H9NS/c12-8-9-4-3-7-11-6-2-1-5-10(9)11/h1-5,7-8H,6H2. The zero-order chi connectivity index (χ0) is 8.39. The van der Waals surface area contributed by atoms with Gasteiger partial charge in [0.25, 0.3) is 0 Å². The molecule has 0 unspecified atom stereocenters. The Bertz CT molecular complexity index is 321. The fraction of sp³-hybridized carbons (Fsp3) is 0.100. The van der Waals surface area contributed by atoms with E-state index in [1.54, 1.807) is 5.37 Å². The Balaban J connectivity index is 2.41. The van der Waals surface area contributed by atoms with Crippen molar-refractivity contribution in [3.8, 4) is 0 Å². The quantitative estimate of drug-likeness (QED) is 0.562. The third kappa shape index (κ3) is 1.14. The van der Waals surface area contributed by atoms with Crippen molar-refractivity contribution in [3.63, 3.8) is 0 Å². The second kappa shape index (κ2) is 3.07. The maximum atomic E-state index is 4.92. The molecule has 1 nitrogen and oxygen atoms in total. The Kier molecular flexibility index (Phi) is 1.92. The molecule has 0 saturated heterocycles. The topological polar surface area (TPSA) is 3.24 Å². The zero-order valence-corrected chi connectivity index (χ0v) is 7.42. The van der Waals surface area contributed by atoms with E-state index in [0.717, 1.165) is 12.1 Å². The van der Waals surface area contributed by atoms with E-state index >= 15 is 0 Å². The van der Waals surface area contributed by atoms with Gasteiger partial charge in [-0.1, -0.05) is 30.4 Å². The van der Waals surface area contributed by atoms with Gasteiger partial charge in [-0.25, -0.2) is 0 Å². The van der Waals surface area contributed by atoms with Crippen molar-refractivity contribution < 1.29 is 0 Å². The predicted molar refractivity (Wildman–Crippen MR) is 54.8 cm³/mol. The average Bonchev–Trinajstić information content (AvgIpc) is 2.17. The highest BCUT2D eigenvalue weighted by Gasteiger charge is 2.12. The summed E-state index contributed by atoms with van der Waals surface area (Å²) < 4.78 is 0. The van der Waals surface area contributed by atoms with Gasteiger partial charge in [0.1, 0.15) is 0 Å². The lowest BCUT2D eigenvalue weighted by molar-refractivity contribution is 0.520. The van der Waals surface area contributed by atoms with E-state index in [9.17, 15) is 0 Å². The van der Waals surface area contributed by atoms with Crippen LogP contribution < -0.4 is 0 Å². The molecule has 0 amide bonds. The van der Waals surface area contributed by atoms with E-state index in [1.165, 1.54) is 5.70 Å². The van der Waals surface area contributed by atoms with Crippen LogP contribution >= 0.6 is 12.2 Å². The number of allylic oxidation sites excluding steroid dienone is 5. The van der Waals surface area contributed by atoms with E-state index in [-0.39, 0.29) is 0 Å². The fourth-order valence-corrected chi connectivity index (χ4v) is 1.57. The molecule has 2 heterocycles. The van der Waals surface area contributed by atoms with Gasteiger partial charge < -0.3 is 4.90 Å². The minimum atomic E-state index is 0.947. The van der Waals surface area contributed by atoms with E-state index in [2.05, 4.69) is 29.3 Å². The molecule has 2 heteroatoms. The molecule has 0 spiro atoms. The van der Waals surface area contributed by atoms with Gasteiger partial charge in [0, 0.05) is 29.4 Å². The predicted octanol–water partition coefficient (Wildman–Crippen LogP) is 2.20. The zero-order valence-electron chi connectivity index (χ0n) is 6.60. The van der Waals surface area contributed by atoms with Gasteiger partial charge in [0.15, 0.2) is 0 Å². The van der Waals surface area contributed by atoms with Crippen molar-refractivity contribution in [2.24, 2.45) is 0 Å². The van der Waals surface area contributed by atoms with Gasteiger partial charge in [-0.2, -0.15) is 0 Å². The van der Waals surface area contributed by atoms with Crippen LogP contribution in [0, 0.1) is 0 Å². The summed E-state index contributed by atoms with van der Waals surface area (Å²) in [7, 11) is 0. The molecule has 0 saturated carbocycles. The molecular formula is C10H9NS. The third-order valence-corrected chi connectivity index (χ3v) is 2.22. The first-order valence-corrected chi connectivity index (χ1v) is 4.36. The highest BCUT2D eigenvalue weighted by molar-refractivity contribution is 7.79. The van der Waals surface area contributed by atoms with Crippen molar-refractivity contribution in [1.29, 1.82) is 0 Å². The summed E-state index contributed by atoms with van der Waals surface area (Å²) in [4.78, 5) is 2.18. The smallest absolute Gasteiger partial charge is 0.0490 e. The summed E-state index contributed by atoms with van der Waals surface area (Å²) >= 11 is 4.92. The number of hydrogen-bond donors (Lipinski definition) is 0. The molecule has 2 rings (SSSR count). The van der Waals surface area contributed by atoms with Crippen molar-refractivity contribution >= 4 is 17.6 Å². The van der Waals surface area contributed by atoms with Crippen molar-refractivity contribution in [3.05, 3.63) is 47.9 Å². The molecule has 0 atom stereocenters. The summed E-state index contributed by atoms with van der Waals surface area (Å²) in [5, 5.41) is 1.72. The van der Waals surface area contributed by atoms with Gasteiger partial charge in [-0.05, 0) is 12.2 Å². The van der Waals surface area contributed by atoms with E-state index < -0.39 is 0 Å². The van der Waals surface area contributed by atoms with Gasteiger partial charge in [-0.15, -0.1) is 0 Å². The van der Waals surface area contributed by atoms with E-state index in [4.69, 9.17) is 12.2 Å². The maximum absolute atomic E-state index is 4.92. The molecule has 0 aromatic carbocycles. The van der Waals surface area contributed by atoms with Crippen molar-refractivity contribution in [2.75, 3.05) is 6.54 Å². The average molecular weight is 175 g/mol. The van der Waals surface area contributed by atoms with Crippen LogP contribution in [0.3, 0.4) is 0 Å². The Labute approximate surface area is 77.4 Å². The van der Waals surface area contributed by atoms with Crippen LogP contribution in [-0.2, 0) is 0 Å². The number of rotatable bonds is 1. The molecular weight excluding hydrogens is 166 g/mol. The second-order valence-electron chi connectivity index (χ2n) is 2.71. The molecule has 0 aromatic heterocycles. The second-order valence-corrected chi connectivity index (χ2v) is 2.95. The first-order valence-electron chi connectivity index (χ1n) is 3.89. The minimum absolute atomic E-state index is 0.947. The highest BCUT2D eigenvalue weighted by Crippen LogP contribution is 2.21. The number of hydrogen-bond acceptors (Lipinski definition) is 2. The Morgan fingerprint density at radius 2 is 2.25 bits per heavy atom. The SMILES string of the molecule is S=CC1=CC=CN2CC=CC=C12. The summed E-state index contributed by atoms with van der Waals surface area (Å²) in [5.74, 6) is 0. The molecule has 0 fully saturated rings. The molecule has 0 N–H and O–H groups in total. The maximum Gasteiger partial charge on any atom is 0.0490 e. The van der Waals surface area contributed by atoms with Crippen LogP contribution in [0.1, 0.15) is 0 Å². The summed E-state index contributed by atoms with van der Waals surface area (Å²) in [5.41, 5.74) is 2.33. The normalized spacial score (nSPS) is 19.8. The third-order valence-electron chi connectivity index (χ3n) is 1.97. The molecule has 60 valence electrons. The van der Waals surface area contributed by atoms with Crippen LogP contribution in [0.5, 0.6) is 0 Å². The monoisotopic (exact) mass is 175 g/mol. The lowest BCUT2D eigenvalue weighted by Crippen LogP contribution is -2.22. The number of nitrogens with zero attached hydrogens (tertiary/aromatic N) is 1. The Morgan fingerprint density at radius 1 is 1.33 bits per heavy atom. The van der Waals surface area contributed by atoms with Gasteiger partial charge in [0.05, 0.1) is 0 Å². The molecule has 0 aliphatic carbocycles. The van der Waals surface area contributed by atoms with E-state index in [1.807, 2.05) is 12.2 Å². The van der Waals surface area contributed by atoms with Crippen molar-refractivity contribution in [1.82, 2.24) is 4.90 Å². The number of fused-ring (bicyclic) bond motifs is 1. The van der Waals surface area contributed by atoms with Crippen LogP contribution in [-0.4, -0.2) is 16.8 Å². The Hall–Kier alpha value is -1.15. The number of thiocarbonyl (C=S) groups is 1. The first-order chi connectivity index (χ1) is 5.92. The molecule has 0 radical (unpaired) electrons. The first kappa shape index (κ1) is 7.50. The summed E-state index contributed by atoms with van der Waals surface area (Å²) in [6.45, 7) is 0.947. The fourth-order valence-electron chi connectivity index (χ4n) is 1.37. The Morgan fingerprint density at radius 3 is 3.08 bits per heavy atom. The molecule has 0 bridgehead atoms. The van der Waals surface area contributed by atoms with E-state index in [0.29, 0.717) is 0 Å². The van der Waals surface area contributed by atoms with Gasteiger partial charge in [-0.3, -0.25) is 0 Å². The minimum Gasteiger partial charge on any atom is -0.344 e. The van der Waals surface area contributed by atoms with Crippen LogP contribution in [0.25, 0.3) is 0 Å². The van der Waals surface area contributed by atoms with Gasteiger partial charge in [0.2, 0.25) is 0 Å². The van der Waals surface area contributed by atoms with Crippen LogP contribution in [0.4, 0.5) is 0 Å². The lowest BCUT2D eigenvalue weighted by atomic mass is 10.1. The summed E-state index contributed by atoms with van der Waals surface area (Å²) in [6, 6.07) is 0. The molecule has 0 aromatic rings. The highest BCUT2D eigenvalue weighted by atomic mass is 32.1. The van der Waals surface area contributed by atoms with Crippen LogP contribution in [0.2, 0.25) is 0 Å². The van der Waals surface area contributed by atoms with Gasteiger partial charge >= 0.3 is 0 Å². The largest absolute Gasteiger partial charge is 0.344 e. The molecule has 12 heavy (non-hydrogen) atoms. The molecule has 2 aliphatic heterocycles. The lowest BCUT2D eigenvalue weighted by Gasteiger charge is -2.27. The molecule has 2 aliphatic rings. The van der Waals surface area contributed by atoms with Crippen LogP contribution in [0.15, 0.2) is 47.9 Å². The summed E-state index contributed by atoms with van der Waals surface area (Å²) in [6.07, 6.45) is 12.4. The van der Waals surface area contributed by atoms with Crippen molar-refractivity contribution in [2.45, 2.75) is 0 Å².